The van der Waals surface area contributed by atoms with Gasteiger partial charge in [0.1, 0.15) is 10.8 Å². The van der Waals surface area contributed by atoms with Gasteiger partial charge in [-0.15, -0.1) is 11.3 Å². The molecule has 1 N–H and O–H groups in total. The van der Waals surface area contributed by atoms with Crippen molar-refractivity contribution in [1.82, 2.24) is 15.2 Å². The largest absolute Gasteiger partial charge is 0.383 e. The van der Waals surface area contributed by atoms with E-state index >= 15 is 0 Å². The van der Waals surface area contributed by atoms with E-state index in [9.17, 15) is 14.0 Å². The van der Waals surface area contributed by atoms with Crippen LogP contribution in [0, 0.1) is 5.82 Å². The van der Waals surface area contributed by atoms with Gasteiger partial charge in [0.15, 0.2) is 0 Å². The van der Waals surface area contributed by atoms with Crippen molar-refractivity contribution in [2.24, 2.45) is 0 Å². The van der Waals surface area contributed by atoms with Crippen molar-refractivity contribution < 1.29 is 18.7 Å². The number of amides is 2. The van der Waals surface area contributed by atoms with Gasteiger partial charge in [0.25, 0.3) is 5.91 Å². The van der Waals surface area contributed by atoms with E-state index in [2.05, 4.69) is 10.3 Å². The quantitative estimate of drug-likeness (QED) is 0.739. The van der Waals surface area contributed by atoms with Crippen LogP contribution in [-0.2, 0) is 16.1 Å². The summed E-state index contributed by atoms with van der Waals surface area (Å²) in [6.45, 7) is 1.39. The van der Waals surface area contributed by atoms with E-state index in [1.54, 1.807) is 24.3 Å². The SMILES string of the molecule is COCCN(Cc1nccs1)C(=O)CCNC(=O)c1ccccc1F. The van der Waals surface area contributed by atoms with Gasteiger partial charge < -0.3 is 15.0 Å². The van der Waals surface area contributed by atoms with Crippen molar-refractivity contribution in [1.29, 1.82) is 0 Å². The average Bonchev–Trinajstić information content (AvgIpc) is 3.11. The highest BCUT2D eigenvalue weighted by Crippen LogP contribution is 2.09. The molecule has 0 fully saturated rings. The molecule has 0 radical (unpaired) electrons. The lowest BCUT2D eigenvalue weighted by Gasteiger charge is -2.21. The predicted octanol–water partition coefficient (Wildman–Crippen LogP) is 2.08. The zero-order valence-corrected chi connectivity index (χ0v) is 14.7. The summed E-state index contributed by atoms with van der Waals surface area (Å²) in [4.78, 5) is 30.1. The second-order valence-electron chi connectivity index (χ2n) is 5.22. The van der Waals surface area contributed by atoms with E-state index in [4.69, 9.17) is 4.74 Å². The normalized spacial score (nSPS) is 10.5. The van der Waals surface area contributed by atoms with Gasteiger partial charge in [-0.2, -0.15) is 0 Å². The number of methoxy groups -OCH3 is 1. The average molecular weight is 365 g/mol. The third kappa shape index (κ3) is 5.91. The fourth-order valence-corrected chi connectivity index (χ4v) is 2.80. The van der Waals surface area contributed by atoms with Crippen LogP contribution in [0.2, 0.25) is 0 Å². The number of nitrogens with one attached hydrogen (secondary N) is 1. The van der Waals surface area contributed by atoms with Crippen LogP contribution in [0.4, 0.5) is 4.39 Å². The maximum atomic E-state index is 13.5. The van der Waals surface area contributed by atoms with Gasteiger partial charge in [-0.3, -0.25) is 9.59 Å². The predicted molar refractivity (Wildman–Crippen MR) is 92.8 cm³/mol. The highest BCUT2D eigenvalue weighted by Gasteiger charge is 2.16. The second-order valence-corrected chi connectivity index (χ2v) is 6.20. The minimum atomic E-state index is -0.586. The molecule has 25 heavy (non-hydrogen) atoms. The van der Waals surface area contributed by atoms with E-state index in [0.29, 0.717) is 19.7 Å². The topological polar surface area (TPSA) is 71.5 Å². The molecule has 134 valence electrons. The summed E-state index contributed by atoms with van der Waals surface area (Å²) in [7, 11) is 1.57. The summed E-state index contributed by atoms with van der Waals surface area (Å²) in [5.74, 6) is -1.24. The molecule has 1 aromatic heterocycles. The molecule has 0 aliphatic heterocycles. The van der Waals surface area contributed by atoms with E-state index in [1.807, 2.05) is 5.38 Å². The van der Waals surface area contributed by atoms with Crippen molar-refractivity contribution in [2.45, 2.75) is 13.0 Å². The smallest absolute Gasteiger partial charge is 0.254 e. The number of halogens is 1. The number of thiazole rings is 1. The Balaban J connectivity index is 1.85. The van der Waals surface area contributed by atoms with Gasteiger partial charge >= 0.3 is 0 Å². The third-order valence-corrected chi connectivity index (χ3v) is 4.23. The van der Waals surface area contributed by atoms with Crippen LogP contribution in [-0.4, -0.2) is 48.5 Å². The highest BCUT2D eigenvalue weighted by molar-refractivity contribution is 7.09. The molecule has 0 atom stereocenters. The summed E-state index contributed by atoms with van der Waals surface area (Å²) in [6.07, 6.45) is 1.81. The Kier molecular flexibility index (Phi) is 7.49. The molecule has 2 amide bonds. The van der Waals surface area contributed by atoms with Crippen molar-refractivity contribution in [3.05, 3.63) is 52.2 Å². The zero-order chi connectivity index (χ0) is 18.1. The first kappa shape index (κ1) is 19.0. The molecule has 0 aliphatic carbocycles. The van der Waals surface area contributed by atoms with Crippen molar-refractivity contribution >= 4 is 23.2 Å². The molecular formula is C17H20FN3O3S. The number of carbonyl (C=O) groups is 2. The zero-order valence-electron chi connectivity index (χ0n) is 13.9. The van der Waals surface area contributed by atoms with Gasteiger partial charge in [0.2, 0.25) is 5.91 Å². The number of benzene rings is 1. The molecule has 2 aromatic rings. The van der Waals surface area contributed by atoms with Gasteiger partial charge in [0, 0.05) is 38.2 Å². The Morgan fingerprint density at radius 3 is 2.84 bits per heavy atom. The molecule has 0 saturated carbocycles. The molecule has 8 heteroatoms. The Morgan fingerprint density at radius 2 is 2.16 bits per heavy atom. The summed E-state index contributed by atoms with van der Waals surface area (Å²) in [5, 5.41) is 5.25. The van der Waals surface area contributed by atoms with Crippen molar-refractivity contribution in [3.63, 3.8) is 0 Å². The monoisotopic (exact) mass is 365 g/mol. The molecule has 0 unspecified atom stereocenters. The lowest BCUT2D eigenvalue weighted by molar-refractivity contribution is -0.132. The Labute approximate surface area is 149 Å². The highest BCUT2D eigenvalue weighted by atomic mass is 32.1. The molecule has 1 heterocycles. The fraction of sp³-hybridized carbons (Fsp3) is 0.353. The van der Waals surface area contributed by atoms with E-state index < -0.39 is 11.7 Å². The van der Waals surface area contributed by atoms with Crippen LogP contribution in [0.5, 0.6) is 0 Å². The summed E-state index contributed by atoms with van der Waals surface area (Å²) >= 11 is 1.47. The second kappa shape index (κ2) is 9.85. The summed E-state index contributed by atoms with van der Waals surface area (Å²) in [6, 6.07) is 5.73. The van der Waals surface area contributed by atoms with Crippen LogP contribution >= 0.6 is 11.3 Å². The van der Waals surface area contributed by atoms with Crippen molar-refractivity contribution in [3.8, 4) is 0 Å². The number of ether oxygens (including phenoxy) is 1. The first-order valence-electron chi connectivity index (χ1n) is 7.79. The molecule has 0 spiro atoms. The number of hydrogen-bond donors (Lipinski definition) is 1. The molecule has 6 nitrogen and oxygen atoms in total. The van der Waals surface area contributed by atoms with E-state index in [0.717, 1.165) is 5.01 Å². The van der Waals surface area contributed by atoms with Crippen LogP contribution in [0.15, 0.2) is 35.8 Å². The number of rotatable bonds is 9. The van der Waals surface area contributed by atoms with Crippen LogP contribution < -0.4 is 5.32 Å². The first-order valence-corrected chi connectivity index (χ1v) is 8.67. The van der Waals surface area contributed by atoms with Crippen LogP contribution in [0.3, 0.4) is 0 Å². The lowest BCUT2D eigenvalue weighted by Crippen LogP contribution is -2.36. The van der Waals surface area contributed by atoms with Crippen molar-refractivity contribution in [2.75, 3.05) is 26.8 Å². The summed E-state index contributed by atoms with van der Waals surface area (Å²) < 4.78 is 18.6. The number of nitrogens with zero attached hydrogens (tertiary/aromatic N) is 2. The molecule has 0 aliphatic rings. The molecule has 0 saturated heterocycles. The molecule has 0 bridgehead atoms. The Hall–Kier alpha value is -2.32. The van der Waals surface area contributed by atoms with Gasteiger partial charge in [-0.1, -0.05) is 12.1 Å². The standard InChI is InChI=1S/C17H20FN3O3S/c1-24-10-9-21(12-15-19-8-11-25-15)16(22)6-7-20-17(23)13-4-2-3-5-14(13)18/h2-5,8,11H,6-7,9-10,12H2,1H3,(H,20,23). The maximum absolute atomic E-state index is 13.5. The first-order chi connectivity index (χ1) is 12.1. The lowest BCUT2D eigenvalue weighted by atomic mass is 10.2. The third-order valence-electron chi connectivity index (χ3n) is 3.47. The minimum Gasteiger partial charge on any atom is -0.383 e. The number of carbonyl (C=O) groups excluding carboxylic acids is 2. The minimum absolute atomic E-state index is 0.0334. The van der Waals surface area contributed by atoms with E-state index in [-0.39, 0.29) is 24.4 Å². The van der Waals surface area contributed by atoms with Gasteiger partial charge in [-0.05, 0) is 12.1 Å². The Bertz CT molecular complexity index is 694. The van der Waals surface area contributed by atoms with E-state index in [1.165, 1.54) is 29.5 Å². The van der Waals surface area contributed by atoms with Crippen LogP contribution in [0.25, 0.3) is 0 Å². The Morgan fingerprint density at radius 1 is 1.36 bits per heavy atom. The number of hydrogen-bond acceptors (Lipinski definition) is 5. The molecule has 2 rings (SSSR count). The molecule has 1 aromatic carbocycles. The number of aromatic nitrogens is 1. The maximum Gasteiger partial charge on any atom is 0.254 e. The van der Waals surface area contributed by atoms with Gasteiger partial charge in [-0.25, -0.2) is 9.37 Å². The van der Waals surface area contributed by atoms with Crippen LogP contribution in [0.1, 0.15) is 21.8 Å². The van der Waals surface area contributed by atoms with Gasteiger partial charge in [0.05, 0.1) is 18.7 Å². The summed E-state index contributed by atoms with van der Waals surface area (Å²) in [5.41, 5.74) is -0.0334. The molecular weight excluding hydrogens is 345 g/mol. The fourth-order valence-electron chi connectivity index (χ4n) is 2.17.